The van der Waals surface area contributed by atoms with Crippen LogP contribution in [0.25, 0.3) is 0 Å². The van der Waals surface area contributed by atoms with E-state index in [-0.39, 0.29) is 26.5 Å². The molecule has 0 spiro atoms. The molecule has 0 aliphatic carbocycles. The van der Waals surface area contributed by atoms with Crippen molar-refractivity contribution in [2.75, 3.05) is 13.2 Å². The molecule has 0 aliphatic heterocycles. The van der Waals surface area contributed by atoms with E-state index in [9.17, 15) is 14.4 Å². The Labute approximate surface area is 148 Å². The first kappa shape index (κ1) is 19.5. The zero-order valence-electron chi connectivity index (χ0n) is 12.4. The number of amides is 3. The molecular weight excluding hydrogens is 367 g/mol. The van der Waals surface area contributed by atoms with Gasteiger partial charge in [-0.15, -0.1) is 0 Å². The Morgan fingerprint density at radius 3 is 2.35 bits per heavy atom. The van der Waals surface area contributed by atoms with Gasteiger partial charge in [-0.3, -0.25) is 10.1 Å². The van der Waals surface area contributed by atoms with Gasteiger partial charge in [-0.05, 0) is 18.1 Å². The molecule has 3 amide bonds. The molecule has 9 heteroatoms. The Balaban J connectivity index is 2.55. The van der Waals surface area contributed by atoms with Gasteiger partial charge in [-0.25, -0.2) is 9.59 Å². The van der Waals surface area contributed by atoms with Gasteiger partial charge in [0, 0.05) is 6.54 Å². The zero-order valence-corrected chi connectivity index (χ0v) is 14.7. The molecule has 0 bridgehead atoms. The highest BCUT2D eigenvalue weighted by Gasteiger charge is 2.20. The summed E-state index contributed by atoms with van der Waals surface area (Å²) in [7, 11) is 0. The average Bonchev–Trinajstić information content (AvgIpc) is 2.47. The normalized spacial score (nSPS) is 10.3. The van der Waals surface area contributed by atoms with Crippen molar-refractivity contribution in [2.24, 2.45) is 5.92 Å². The summed E-state index contributed by atoms with van der Waals surface area (Å²) in [4.78, 5) is 34.8. The third kappa shape index (κ3) is 6.25. The molecule has 2 N–H and O–H groups in total. The summed E-state index contributed by atoms with van der Waals surface area (Å²) in [6, 6.07) is 2.14. The lowest BCUT2D eigenvalue weighted by Gasteiger charge is -2.10. The summed E-state index contributed by atoms with van der Waals surface area (Å²) in [5.41, 5.74) is -0.141. The minimum atomic E-state index is -0.916. The minimum Gasteiger partial charge on any atom is -0.452 e. The van der Waals surface area contributed by atoms with Crippen LogP contribution in [0.1, 0.15) is 24.2 Å². The first-order valence-electron chi connectivity index (χ1n) is 6.60. The van der Waals surface area contributed by atoms with Crippen molar-refractivity contribution in [3.05, 3.63) is 32.8 Å². The highest BCUT2D eigenvalue weighted by atomic mass is 35.5. The number of carbonyl (C=O) groups excluding carboxylic acids is 3. The molecule has 0 saturated heterocycles. The lowest BCUT2D eigenvalue weighted by molar-refractivity contribution is -0.123. The predicted octanol–water partition coefficient (Wildman–Crippen LogP) is 3.29. The summed E-state index contributed by atoms with van der Waals surface area (Å²) >= 11 is 17.5. The summed E-state index contributed by atoms with van der Waals surface area (Å²) in [6.45, 7) is 3.56. The van der Waals surface area contributed by atoms with Crippen molar-refractivity contribution in [1.29, 1.82) is 0 Å². The molecule has 0 heterocycles. The van der Waals surface area contributed by atoms with Crippen LogP contribution in [-0.2, 0) is 9.53 Å². The van der Waals surface area contributed by atoms with Gasteiger partial charge in [-0.2, -0.15) is 0 Å². The van der Waals surface area contributed by atoms with E-state index in [0.29, 0.717) is 6.54 Å². The summed E-state index contributed by atoms with van der Waals surface area (Å²) < 4.78 is 4.77. The molecule has 23 heavy (non-hydrogen) atoms. The summed E-state index contributed by atoms with van der Waals surface area (Å²) in [5.74, 6) is -1.46. The smallest absolute Gasteiger partial charge is 0.341 e. The number of hydrogen-bond acceptors (Lipinski definition) is 4. The van der Waals surface area contributed by atoms with E-state index in [2.05, 4.69) is 5.32 Å². The lowest BCUT2D eigenvalue weighted by atomic mass is 10.2. The number of urea groups is 1. The van der Waals surface area contributed by atoms with Gasteiger partial charge < -0.3 is 10.1 Å². The van der Waals surface area contributed by atoms with Crippen LogP contribution >= 0.6 is 34.8 Å². The predicted molar refractivity (Wildman–Crippen MR) is 88.1 cm³/mol. The van der Waals surface area contributed by atoms with E-state index in [1.165, 1.54) is 12.1 Å². The molecule has 1 rings (SSSR count). The Kier molecular flexibility index (Phi) is 7.61. The fourth-order valence-corrected chi connectivity index (χ4v) is 2.10. The summed E-state index contributed by atoms with van der Waals surface area (Å²) in [5, 5.41) is 4.61. The zero-order chi connectivity index (χ0) is 17.6. The molecule has 0 atom stereocenters. The number of halogens is 3. The first-order chi connectivity index (χ1) is 10.7. The minimum absolute atomic E-state index is 0.0412. The van der Waals surface area contributed by atoms with Crippen molar-refractivity contribution in [3.8, 4) is 0 Å². The number of ether oxygens (including phenoxy) is 1. The van der Waals surface area contributed by atoms with Gasteiger partial charge in [0.1, 0.15) is 0 Å². The quantitative estimate of drug-likeness (QED) is 0.605. The van der Waals surface area contributed by atoms with Crippen LogP contribution in [0.15, 0.2) is 12.1 Å². The van der Waals surface area contributed by atoms with Gasteiger partial charge in [0.25, 0.3) is 5.91 Å². The van der Waals surface area contributed by atoms with E-state index in [1.807, 2.05) is 19.2 Å². The number of esters is 1. The highest BCUT2D eigenvalue weighted by molar-refractivity contribution is 6.46. The van der Waals surface area contributed by atoms with Crippen LogP contribution in [0.2, 0.25) is 15.1 Å². The standard InChI is InChI=1S/C14H15Cl3N2O4/c1-7(2)5-18-14(22)19-10(20)6-23-13(21)11-8(15)3-4-9(16)12(11)17/h3-4,7H,5-6H2,1-2H3,(H2,18,19,20,22). The molecule has 0 aromatic heterocycles. The van der Waals surface area contributed by atoms with Crippen LogP contribution in [0.3, 0.4) is 0 Å². The van der Waals surface area contributed by atoms with E-state index in [0.717, 1.165) is 0 Å². The maximum atomic E-state index is 11.9. The van der Waals surface area contributed by atoms with Crippen molar-refractivity contribution in [3.63, 3.8) is 0 Å². The highest BCUT2D eigenvalue weighted by Crippen LogP contribution is 2.31. The Morgan fingerprint density at radius 1 is 1.13 bits per heavy atom. The third-order valence-corrected chi connectivity index (χ3v) is 3.63. The Morgan fingerprint density at radius 2 is 1.74 bits per heavy atom. The second kappa shape index (κ2) is 8.96. The maximum absolute atomic E-state index is 11.9. The SMILES string of the molecule is CC(C)CNC(=O)NC(=O)COC(=O)c1c(Cl)ccc(Cl)c1Cl. The number of benzene rings is 1. The lowest BCUT2D eigenvalue weighted by Crippen LogP contribution is -2.42. The molecule has 6 nitrogen and oxygen atoms in total. The first-order valence-corrected chi connectivity index (χ1v) is 7.74. The van der Waals surface area contributed by atoms with Gasteiger partial charge in [0.15, 0.2) is 6.61 Å². The molecule has 1 aromatic rings. The van der Waals surface area contributed by atoms with Crippen LogP contribution in [0.4, 0.5) is 4.79 Å². The number of nitrogens with one attached hydrogen (secondary N) is 2. The second-order valence-electron chi connectivity index (χ2n) is 4.95. The molecular formula is C14H15Cl3N2O4. The van der Waals surface area contributed by atoms with Gasteiger partial charge in [0.2, 0.25) is 0 Å². The van der Waals surface area contributed by atoms with Crippen LogP contribution in [0.5, 0.6) is 0 Å². The topological polar surface area (TPSA) is 84.5 Å². The molecule has 0 aliphatic rings. The van der Waals surface area contributed by atoms with Crippen LogP contribution < -0.4 is 10.6 Å². The van der Waals surface area contributed by atoms with E-state index < -0.39 is 24.5 Å². The summed E-state index contributed by atoms with van der Waals surface area (Å²) in [6.07, 6.45) is 0. The molecule has 1 aromatic carbocycles. The molecule has 126 valence electrons. The van der Waals surface area contributed by atoms with Crippen LogP contribution in [0, 0.1) is 5.92 Å². The number of imide groups is 1. The Hall–Kier alpha value is -1.50. The van der Waals surface area contributed by atoms with Gasteiger partial charge in [0.05, 0.1) is 20.6 Å². The second-order valence-corrected chi connectivity index (χ2v) is 6.14. The van der Waals surface area contributed by atoms with Crippen molar-refractivity contribution < 1.29 is 19.1 Å². The Bertz CT molecular complexity index is 620. The van der Waals surface area contributed by atoms with E-state index >= 15 is 0 Å². The van der Waals surface area contributed by atoms with Crippen molar-refractivity contribution in [1.82, 2.24) is 10.6 Å². The third-order valence-electron chi connectivity index (χ3n) is 2.51. The molecule has 0 saturated carbocycles. The number of hydrogen-bond donors (Lipinski definition) is 2. The largest absolute Gasteiger partial charge is 0.452 e. The number of carbonyl (C=O) groups is 3. The van der Waals surface area contributed by atoms with Gasteiger partial charge in [-0.1, -0.05) is 48.7 Å². The molecule has 0 unspecified atom stereocenters. The van der Waals surface area contributed by atoms with E-state index in [4.69, 9.17) is 39.5 Å². The molecule has 0 radical (unpaired) electrons. The fraction of sp³-hybridized carbons (Fsp3) is 0.357. The maximum Gasteiger partial charge on any atom is 0.341 e. The van der Waals surface area contributed by atoms with Crippen molar-refractivity contribution in [2.45, 2.75) is 13.8 Å². The average molecular weight is 382 g/mol. The van der Waals surface area contributed by atoms with Crippen molar-refractivity contribution >= 4 is 52.7 Å². The van der Waals surface area contributed by atoms with E-state index in [1.54, 1.807) is 0 Å². The van der Waals surface area contributed by atoms with Crippen LogP contribution in [-0.4, -0.2) is 31.1 Å². The number of rotatable bonds is 5. The van der Waals surface area contributed by atoms with Gasteiger partial charge >= 0.3 is 12.0 Å². The monoisotopic (exact) mass is 380 g/mol. The fourth-order valence-electron chi connectivity index (χ4n) is 1.42. The molecule has 0 fully saturated rings.